The minimum Gasteiger partial charge on any atom is -0.392 e. The van der Waals surface area contributed by atoms with Gasteiger partial charge < -0.3 is 15.3 Å². The molecule has 0 bridgehead atoms. The SMILES string of the molecule is Cc1ccsc1CNCC1CCN(CC(C)O)CC1. The topological polar surface area (TPSA) is 35.5 Å². The van der Waals surface area contributed by atoms with Crippen LogP contribution in [-0.2, 0) is 6.54 Å². The molecule has 0 amide bonds. The standard InChI is InChI=1S/C15H26N2OS/c1-12-5-8-19-15(12)10-16-9-14-3-6-17(7-4-14)11-13(2)18/h5,8,13-14,16,18H,3-4,6-7,9-11H2,1-2H3. The molecule has 1 aliphatic rings. The molecule has 2 rings (SSSR count). The molecule has 0 aliphatic carbocycles. The van der Waals surface area contributed by atoms with Crippen LogP contribution in [0.4, 0.5) is 0 Å². The third-order valence-corrected chi connectivity index (χ3v) is 4.94. The van der Waals surface area contributed by atoms with Gasteiger partial charge in [0.05, 0.1) is 6.10 Å². The average Bonchev–Trinajstić information content (AvgIpc) is 2.77. The van der Waals surface area contributed by atoms with E-state index in [2.05, 4.69) is 28.6 Å². The first-order valence-electron chi connectivity index (χ1n) is 7.29. The second kappa shape index (κ2) is 7.39. The van der Waals surface area contributed by atoms with Crippen molar-refractivity contribution < 1.29 is 5.11 Å². The van der Waals surface area contributed by atoms with Crippen LogP contribution in [0.2, 0.25) is 0 Å². The quantitative estimate of drug-likeness (QED) is 0.840. The fourth-order valence-corrected chi connectivity index (χ4v) is 3.60. The fourth-order valence-electron chi connectivity index (χ4n) is 2.72. The molecule has 1 aromatic heterocycles. The zero-order valence-electron chi connectivity index (χ0n) is 12.1. The molecule has 19 heavy (non-hydrogen) atoms. The predicted octanol–water partition coefficient (Wildman–Crippen LogP) is 2.24. The maximum absolute atomic E-state index is 9.39. The van der Waals surface area contributed by atoms with Gasteiger partial charge in [0.2, 0.25) is 0 Å². The van der Waals surface area contributed by atoms with Crippen molar-refractivity contribution in [3.63, 3.8) is 0 Å². The normalized spacial score (nSPS) is 19.7. The van der Waals surface area contributed by atoms with Crippen LogP contribution in [-0.4, -0.2) is 42.3 Å². The molecule has 0 saturated carbocycles. The van der Waals surface area contributed by atoms with Crippen LogP contribution < -0.4 is 5.32 Å². The van der Waals surface area contributed by atoms with Crippen molar-refractivity contribution >= 4 is 11.3 Å². The first-order valence-corrected chi connectivity index (χ1v) is 8.17. The molecular weight excluding hydrogens is 256 g/mol. The monoisotopic (exact) mass is 282 g/mol. The van der Waals surface area contributed by atoms with E-state index in [0.717, 1.165) is 38.6 Å². The first-order chi connectivity index (χ1) is 9.15. The van der Waals surface area contributed by atoms with Gasteiger partial charge in [-0.05, 0) is 69.3 Å². The lowest BCUT2D eigenvalue weighted by atomic mass is 9.96. The highest BCUT2D eigenvalue weighted by Crippen LogP contribution is 2.18. The molecule has 4 heteroatoms. The van der Waals surface area contributed by atoms with Gasteiger partial charge in [0.1, 0.15) is 0 Å². The van der Waals surface area contributed by atoms with E-state index in [0.29, 0.717) is 0 Å². The van der Waals surface area contributed by atoms with Crippen molar-refractivity contribution in [3.05, 3.63) is 21.9 Å². The molecule has 1 aliphatic heterocycles. The summed E-state index contributed by atoms with van der Waals surface area (Å²) in [6.07, 6.45) is 2.31. The van der Waals surface area contributed by atoms with Crippen molar-refractivity contribution in [1.82, 2.24) is 10.2 Å². The lowest BCUT2D eigenvalue weighted by molar-refractivity contribution is 0.0998. The Kier molecular flexibility index (Phi) is 5.82. The number of nitrogens with zero attached hydrogens (tertiary/aromatic N) is 1. The summed E-state index contributed by atoms with van der Waals surface area (Å²) >= 11 is 1.84. The number of hydrogen-bond donors (Lipinski definition) is 2. The van der Waals surface area contributed by atoms with Crippen molar-refractivity contribution in [3.8, 4) is 0 Å². The Morgan fingerprint density at radius 3 is 2.79 bits per heavy atom. The summed E-state index contributed by atoms with van der Waals surface area (Å²) < 4.78 is 0. The minimum absolute atomic E-state index is 0.198. The number of thiophene rings is 1. The van der Waals surface area contributed by atoms with Crippen LogP contribution in [0.5, 0.6) is 0 Å². The van der Waals surface area contributed by atoms with Crippen LogP contribution in [0, 0.1) is 12.8 Å². The Morgan fingerprint density at radius 1 is 1.47 bits per heavy atom. The van der Waals surface area contributed by atoms with Crippen LogP contribution in [0.15, 0.2) is 11.4 Å². The number of aryl methyl sites for hydroxylation is 1. The summed E-state index contributed by atoms with van der Waals surface area (Å²) in [5, 5.41) is 15.2. The summed E-state index contributed by atoms with van der Waals surface area (Å²) in [7, 11) is 0. The molecule has 1 fully saturated rings. The van der Waals surface area contributed by atoms with E-state index in [9.17, 15) is 5.11 Å². The van der Waals surface area contributed by atoms with Crippen LogP contribution in [0.3, 0.4) is 0 Å². The number of aliphatic hydroxyl groups excluding tert-OH is 1. The van der Waals surface area contributed by atoms with Crippen molar-refractivity contribution in [2.24, 2.45) is 5.92 Å². The summed E-state index contributed by atoms with van der Waals surface area (Å²) in [5.41, 5.74) is 1.41. The highest BCUT2D eigenvalue weighted by molar-refractivity contribution is 7.10. The van der Waals surface area contributed by atoms with E-state index in [1.807, 2.05) is 18.3 Å². The molecule has 0 aromatic carbocycles. The summed E-state index contributed by atoms with van der Waals surface area (Å²) in [6.45, 7) is 9.29. The van der Waals surface area contributed by atoms with E-state index in [-0.39, 0.29) is 6.10 Å². The van der Waals surface area contributed by atoms with Gasteiger partial charge in [0.15, 0.2) is 0 Å². The van der Waals surface area contributed by atoms with Crippen LogP contribution in [0.25, 0.3) is 0 Å². The van der Waals surface area contributed by atoms with E-state index in [1.54, 1.807) is 0 Å². The molecule has 1 aromatic rings. The lowest BCUT2D eigenvalue weighted by Gasteiger charge is -2.32. The summed E-state index contributed by atoms with van der Waals surface area (Å²) in [6, 6.07) is 2.19. The number of rotatable bonds is 6. The summed E-state index contributed by atoms with van der Waals surface area (Å²) in [5.74, 6) is 0.797. The number of hydrogen-bond acceptors (Lipinski definition) is 4. The molecule has 108 valence electrons. The average molecular weight is 282 g/mol. The number of β-amino-alcohol motifs (C(OH)–C–C–N with tert-alkyl or cyclic N) is 1. The molecule has 1 atom stereocenters. The molecule has 2 heterocycles. The van der Waals surface area contributed by atoms with E-state index in [1.165, 1.54) is 23.3 Å². The van der Waals surface area contributed by atoms with E-state index < -0.39 is 0 Å². The molecule has 1 unspecified atom stereocenters. The number of nitrogens with one attached hydrogen (secondary N) is 1. The van der Waals surface area contributed by atoms with E-state index >= 15 is 0 Å². The third-order valence-electron chi connectivity index (χ3n) is 3.92. The highest BCUT2D eigenvalue weighted by Gasteiger charge is 2.19. The fraction of sp³-hybridized carbons (Fsp3) is 0.733. The Labute approximate surface area is 120 Å². The first kappa shape index (κ1) is 15.0. The Morgan fingerprint density at radius 2 is 2.21 bits per heavy atom. The van der Waals surface area contributed by atoms with Gasteiger partial charge in [-0.25, -0.2) is 0 Å². The Bertz CT molecular complexity index is 370. The molecule has 1 saturated heterocycles. The highest BCUT2D eigenvalue weighted by atomic mass is 32.1. The summed E-state index contributed by atoms with van der Waals surface area (Å²) in [4.78, 5) is 3.84. The Hall–Kier alpha value is -0.420. The smallest absolute Gasteiger partial charge is 0.0639 e. The van der Waals surface area contributed by atoms with Gasteiger partial charge in [-0.2, -0.15) is 0 Å². The van der Waals surface area contributed by atoms with Crippen molar-refractivity contribution in [2.45, 2.75) is 39.3 Å². The maximum atomic E-state index is 9.39. The zero-order chi connectivity index (χ0) is 13.7. The molecule has 0 spiro atoms. The van der Waals surface area contributed by atoms with Crippen molar-refractivity contribution in [2.75, 3.05) is 26.2 Å². The van der Waals surface area contributed by atoms with Gasteiger partial charge in [-0.15, -0.1) is 11.3 Å². The molecular formula is C15H26N2OS. The zero-order valence-corrected chi connectivity index (χ0v) is 12.9. The molecule has 0 radical (unpaired) electrons. The number of likely N-dealkylation sites (tertiary alicyclic amines) is 1. The van der Waals surface area contributed by atoms with Gasteiger partial charge in [-0.3, -0.25) is 0 Å². The second-order valence-electron chi connectivity index (χ2n) is 5.75. The van der Waals surface area contributed by atoms with Gasteiger partial charge >= 0.3 is 0 Å². The maximum Gasteiger partial charge on any atom is 0.0639 e. The molecule has 2 N–H and O–H groups in total. The third kappa shape index (κ3) is 4.88. The van der Waals surface area contributed by atoms with Crippen molar-refractivity contribution in [1.29, 1.82) is 0 Å². The largest absolute Gasteiger partial charge is 0.392 e. The van der Waals surface area contributed by atoms with Gasteiger partial charge in [0.25, 0.3) is 0 Å². The minimum atomic E-state index is -0.198. The predicted molar refractivity (Wildman–Crippen MR) is 81.6 cm³/mol. The number of piperidine rings is 1. The lowest BCUT2D eigenvalue weighted by Crippen LogP contribution is -2.40. The Balaban J connectivity index is 1.62. The second-order valence-corrected chi connectivity index (χ2v) is 6.75. The van der Waals surface area contributed by atoms with Crippen LogP contribution in [0.1, 0.15) is 30.2 Å². The van der Waals surface area contributed by atoms with Gasteiger partial charge in [0, 0.05) is 18.0 Å². The van der Waals surface area contributed by atoms with E-state index in [4.69, 9.17) is 0 Å². The number of aliphatic hydroxyl groups is 1. The molecule has 3 nitrogen and oxygen atoms in total. The van der Waals surface area contributed by atoms with Crippen LogP contribution >= 0.6 is 11.3 Å². The van der Waals surface area contributed by atoms with Gasteiger partial charge in [-0.1, -0.05) is 0 Å².